The molecule has 1 aromatic rings. The van der Waals surface area contributed by atoms with Gasteiger partial charge in [-0.25, -0.2) is 0 Å². The van der Waals surface area contributed by atoms with E-state index in [0.29, 0.717) is 19.6 Å². The lowest BCUT2D eigenvalue weighted by Gasteiger charge is -2.26. The van der Waals surface area contributed by atoms with Crippen LogP contribution in [0.15, 0.2) is 30.3 Å². The fraction of sp³-hybridized carbons (Fsp3) is 0.467. The number of hydrogen-bond donors (Lipinski definition) is 1. The summed E-state index contributed by atoms with van der Waals surface area (Å²) in [5, 5.41) is 9.41. The molecule has 1 amide bonds. The van der Waals surface area contributed by atoms with E-state index in [1.54, 1.807) is 0 Å². The van der Waals surface area contributed by atoms with Crippen molar-refractivity contribution in [2.75, 3.05) is 19.7 Å². The number of hydrogen-bond acceptors (Lipinski definition) is 4. The minimum atomic E-state index is -0.621. The Balaban J connectivity index is 2.06. The van der Waals surface area contributed by atoms with Gasteiger partial charge in [-0.1, -0.05) is 30.3 Å². The first-order valence-electron chi connectivity index (χ1n) is 6.79. The number of carbonyl (C=O) groups excluding carboxylic acids is 1. The SMILES string of the molecule is N#C[C@H](Cc1ccccc1)N1CCCO[C@H](C(N)=O)C1. The minimum Gasteiger partial charge on any atom is -0.367 e. The first-order valence-corrected chi connectivity index (χ1v) is 6.79. The molecule has 1 aromatic carbocycles. The molecule has 2 rings (SSSR count). The molecular formula is C15H19N3O2. The fourth-order valence-electron chi connectivity index (χ4n) is 2.40. The monoisotopic (exact) mass is 273 g/mol. The van der Waals surface area contributed by atoms with Crippen LogP contribution >= 0.6 is 0 Å². The van der Waals surface area contributed by atoms with Crippen LogP contribution in [0.2, 0.25) is 0 Å². The van der Waals surface area contributed by atoms with E-state index in [4.69, 9.17) is 10.5 Å². The van der Waals surface area contributed by atoms with Crippen molar-refractivity contribution in [2.45, 2.75) is 25.0 Å². The summed E-state index contributed by atoms with van der Waals surface area (Å²) in [7, 11) is 0. The average molecular weight is 273 g/mol. The van der Waals surface area contributed by atoms with Crippen molar-refractivity contribution in [3.05, 3.63) is 35.9 Å². The van der Waals surface area contributed by atoms with Crippen molar-refractivity contribution in [1.29, 1.82) is 5.26 Å². The normalized spacial score (nSPS) is 21.6. The van der Waals surface area contributed by atoms with Gasteiger partial charge in [-0.05, 0) is 12.0 Å². The molecule has 0 aromatic heterocycles. The van der Waals surface area contributed by atoms with Gasteiger partial charge in [-0.3, -0.25) is 9.69 Å². The lowest BCUT2D eigenvalue weighted by Crippen LogP contribution is -2.44. The van der Waals surface area contributed by atoms with Gasteiger partial charge in [0, 0.05) is 26.1 Å². The number of ether oxygens (including phenoxy) is 1. The largest absolute Gasteiger partial charge is 0.367 e. The molecule has 2 N–H and O–H groups in total. The highest BCUT2D eigenvalue weighted by Gasteiger charge is 2.27. The van der Waals surface area contributed by atoms with Crippen LogP contribution in [-0.4, -0.2) is 42.6 Å². The molecular weight excluding hydrogens is 254 g/mol. The highest BCUT2D eigenvalue weighted by Crippen LogP contribution is 2.13. The number of primary amides is 1. The molecule has 1 aliphatic heterocycles. The molecule has 5 heteroatoms. The van der Waals surface area contributed by atoms with Crippen LogP contribution in [0.25, 0.3) is 0 Å². The van der Waals surface area contributed by atoms with Crippen molar-refractivity contribution in [2.24, 2.45) is 5.73 Å². The Bertz CT molecular complexity index is 484. The van der Waals surface area contributed by atoms with Gasteiger partial charge in [0.15, 0.2) is 0 Å². The van der Waals surface area contributed by atoms with E-state index in [2.05, 4.69) is 6.07 Å². The lowest BCUT2D eigenvalue weighted by molar-refractivity contribution is -0.129. The third kappa shape index (κ3) is 3.80. The summed E-state index contributed by atoms with van der Waals surface area (Å²) in [5.41, 5.74) is 6.43. The molecule has 0 bridgehead atoms. The number of amides is 1. The second-order valence-electron chi connectivity index (χ2n) is 4.94. The lowest BCUT2D eigenvalue weighted by atomic mass is 10.0. The van der Waals surface area contributed by atoms with E-state index in [9.17, 15) is 10.1 Å². The standard InChI is InChI=1S/C15H19N3O2/c16-10-13(9-12-5-2-1-3-6-12)18-7-4-8-20-14(11-18)15(17)19/h1-3,5-6,13-14H,4,7-9,11H2,(H2,17,19)/t13-,14-/m0/s1. The quantitative estimate of drug-likeness (QED) is 0.875. The zero-order valence-electron chi connectivity index (χ0n) is 11.4. The summed E-state index contributed by atoms with van der Waals surface area (Å²) >= 11 is 0. The maximum atomic E-state index is 11.3. The van der Waals surface area contributed by atoms with Crippen LogP contribution in [0.5, 0.6) is 0 Å². The van der Waals surface area contributed by atoms with Gasteiger partial charge in [-0.15, -0.1) is 0 Å². The molecule has 106 valence electrons. The number of rotatable bonds is 4. The van der Waals surface area contributed by atoms with Gasteiger partial charge in [0.1, 0.15) is 12.1 Å². The van der Waals surface area contributed by atoms with Gasteiger partial charge in [0.25, 0.3) is 0 Å². The number of nitriles is 1. The fourth-order valence-corrected chi connectivity index (χ4v) is 2.40. The third-order valence-electron chi connectivity index (χ3n) is 3.49. The topological polar surface area (TPSA) is 79.3 Å². The van der Waals surface area contributed by atoms with Crippen molar-refractivity contribution >= 4 is 5.91 Å². The minimum absolute atomic E-state index is 0.263. The van der Waals surface area contributed by atoms with Gasteiger partial charge >= 0.3 is 0 Å². The Kier molecular flexibility index (Phi) is 5.10. The highest BCUT2D eigenvalue weighted by atomic mass is 16.5. The first-order chi connectivity index (χ1) is 9.70. The molecule has 1 saturated heterocycles. The number of carbonyl (C=O) groups is 1. The molecule has 2 atom stereocenters. The van der Waals surface area contributed by atoms with Gasteiger partial charge < -0.3 is 10.5 Å². The van der Waals surface area contributed by atoms with E-state index in [1.165, 1.54) is 0 Å². The molecule has 1 heterocycles. The number of nitrogens with two attached hydrogens (primary N) is 1. The highest BCUT2D eigenvalue weighted by molar-refractivity contribution is 5.79. The average Bonchev–Trinajstić information content (AvgIpc) is 2.72. The molecule has 0 saturated carbocycles. The summed E-state index contributed by atoms with van der Waals surface area (Å²) in [6.45, 7) is 1.64. The van der Waals surface area contributed by atoms with Gasteiger partial charge in [0.2, 0.25) is 5.91 Å². The van der Waals surface area contributed by atoms with Crippen LogP contribution < -0.4 is 5.73 Å². The Hall–Kier alpha value is -1.90. The van der Waals surface area contributed by atoms with Crippen LogP contribution in [0.3, 0.4) is 0 Å². The summed E-state index contributed by atoms with van der Waals surface area (Å²) in [4.78, 5) is 13.3. The smallest absolute Gasteiger partial charge is 0.247 e. The maximum Gasteiger partial charge on any atom is 0.247 e. The zero-order chi connectivity index (χ0) is 14.4. The maximum absolute atomic E-state index is 11.3. The molecule has 1 aliphatic rings. The summed E-state index contributed by atoms with van der Waals surface area (Å²) < 4.78 is 5.41. The molecule has 20 heavy (non-hydrogen) atoms. The van der Waals surface area contributed by atoms with Crippen molar-refractivity contribution in [3.63, 3.8) is 0 Å². The Morgan fingerprint density at radius 1 is 1.50 bits per heavy atom. The Morgan fingerprint density at radius 3 is 2.90 bits per heavy atom. The van der Waals surface area contributed by atoms with Crippen LogP contribution in [0.1, 0.15) is 12.0 Å². The molecule has 0 aliphatic carbocycles. The first kappa shape index (κ1) is 14.5. The van der Waals surface area contributed by atoms with E-state index in [1.807, 2.05) is 35.2 Å². The van der Waals surface area contributed by atoms with E-state index >= 15 is 0 Å². The van der Waals surface area contributed by atoms with Crippen LogP contribution in [0, 0.1) is 11.3 Å². The second kappa shape index (κ2) is 7.04. The predicted molar refractivity (Wildman–Crippen MR) is 74.7 cm³/mol. The molecule has 1 fully saturated rings. The predicted octanol–water partition coefficient (Wildman–Crippen LogP) is 0.697. The van der Waals surface area contributed by atoms with Crippen molar-refractivity contribution < 1.29 is 9.53 Å². The Morgan fingerprint density at radius 2 is 2.25 bits per heavy atom. The summed E-state index contributed by atoms with van der Waals surface area (Å²) in [6.07, 6.45) is 0.823. The summed E-state index contributed by atoms with van der Waals surface area (Å²) in [5.74, 6) is -0.465. The van der Waals surface area contributed by atoms with Crippen molar-refractivity contribution in [3.8, 4) is 6.07 Å². The Labute approximate surface area is 118 Å². The number of benzene rings is 1. The van der Waals surface area contributed by atoms with Gasteiger partial charge in [-0.2, -0.15) is 5.26 Å². The van der Waals surface area contributed by atoms with E-state index < -0.39 is 12.0 Å². The van der Waals surface area contributed by atoms with Crippen LogP contribution in [0.4, 0.5) is 0 Å². The van der Waals surface area contributed by atoms with E-state index in [-0.39, 0.29) is 6.04 Å². The van der Waals surface area contributed by atoms with Crippen molar-refractivity contribution in [1.82, 2.24) is 4.90 Å². The molecule has 0 radical (unpaired) electrons. The van der Waals surface area contributed by atoms with Crippen LogP contribution in [-0.2, 0) is 16.0 Å². The molecule has 0 spiro atoms. The summed E-state index contributed by atoms with van der Waals surface area (Å²) in [6, 6.07) is 11.9. The third-order valence-corrected chi connectivity index (χ3v) is 3.49. The molecule has 5 nitrogen and oxygen atoms in total. The van der Waals surface area contributed by atoms with E-state index in [0.717, 1.165) is 18.5 Å². The number of nitrogens with zero attached hydrogens (tertiary/aromatic N) is 2. The second-order valence-corrected chi connectivity index (χ2v) is 4.94. The zero-order valence-corrected chi connectivity index (χ0v) is 11.4. The van der Waals surface area contributed by atoms with Gasteiger partial charge in [0.05, 0.1) is 6.07 Å². The molecule has 0 unspecified atom stereocenters.